The Morgan fingerprint density at radius 1 is 1.15 bits per heavy atom. The van der Waals surface area contributed by atoms with Gasteiger partial charge in [0, 0.05) is 43.6 Å². The standard InChI is InChI=1S/C19H25FN6/c1-15-18(22-14-21-15)13-25(9-8-24(2)3)11-16-10-23-26(12-16)19-7-5-4-6-17(19)20/h4-7,10,12,14H,8-9,11,13H2,1-3H3,(H,21,22). The molecule has 2 aromatic heterocycles. The molecule has 0 fully saturated rings. The first-order chi connectivity index (χ1) is 12.5. The minimum absolute atomic E-state index is 0.279. The van der Waals surface area contributed by atoms with Crippen LogP contribution in [0.1, 0.15) is 17.0 Å². The van der Waals surface area contributed by atoms with Gasteiger partial charge in [0.25, 0.3) is 0 Å². The van der Waals surface area contributed by atoms with Gasteiger partial charge < -0.3 is 9.88 Å². The molecule has 26 heavy (non-hydrogen) atoms. The molecule has 0 amide bonds. The van der Waals surface area contributed by atoms with Gasteiger partial charge in [0.05, 0.1) is 18.2 Å². The van der Waals surface area contributed by atoms with E-state index >= 15 is 0 Å². The van der Waals surface area contributed by atoms with Crippen LogP contribution in [0.5, 0.6) is 0 Å². The third kappa shape index (κ3) is 4.56. The van der Waals surface area contributed by atoms with Crippen molar-refractivity contribution in [2.45, 2.75) is 20.0 Å². The van der Waals surface area contributed by atoms with Gasteiger partial charge in [-0.1, -0.05) is 12.1 Å². The van der Waals surface area contributed by atoms with E-state index in [0.717, 1.165) is 43.1 Å². The molecule has 0 saturated carbocycles. The van der Waals surface area contributed by atoms with Crippen LogP contribution in [0, 0.1) is 12.7 Å². The largest absolute Gasteiger partial charge is 0.348 e. The van der Waals surface area contributed by atoms with Crippen LogP contribution in [0.4, 0.5) is 4.39 Å². The summed E-state index contributed by atoms with van der Waals surface area (Å²) in [6.45, 7) is 5.38. The van der Waals surface area contributed by atoms with Gasteiger partial charge in [0.15, 0.2) is 0 Å². The van der Waals surface area contributed by atoms with E-state index in [9.17, 15) is 4.39 Å². The van der Waals surface area contributed by atoms with Gasteiger partial charge in [-0.25, -0.2) is 14.1 Å². The summed E-state index contributed by atoms with van der Waals surface area (Å²) in [6.07, 6.45) is 5.41. The van der Waals surface area contributed by atoms with E-state index in [4.69, 9.17) is 0 Å². The topological polar surface area (TPSA) is 53.0 Å². The van der Waals surface area contributed by atoms with Crippen molar-refractivity contribution in [2.24, 2.45) is 0 Å². The zero-order valence-corrected chi connectivity index (χ0v) is 15.5. The summed E-state index contributed by atoms with van der Waals surface area (Å²) in [5.74, 6) is -0.279. The third-order valence-electron chi connectivity index (χ3n) is 4.31. The van der Waals surface area contributed by atoms with E-state index in [0.29, 0.717) is 5.69 Å². The van der Waals surface area contributed by atoms with Gasteiger partial charge in [-0.05, 0) is 33.2 Å². The van der Waals surface area contributed by atoms with Gasteiger partial charge in [-0.15, -0.1) is 0 Å². The second-order valence-corrected chi connectivity index (χ2v) is 6.73. The lowest BCUT2D eigenvalue weighted by Crippen LogP contribution is -2.31. The van der Waals surface area contributed by atoms with Crippen molar-refractivity contribution in [1.82, 2.24) is 29.5 Å². The number of H-pyrrole nitrogens is 1. The highest BCUT2D eigenvalue weighted by molar-refractivity contribution is 5.32. The lowest BCUT2D eigenvalue weighted by Gasteiger charge is -2.23. The Labute approximate surface area is 153 Å². The smallest absolute Gasteiger partial charge is 0.148 e. The Bertz CT molecular complexity index is 838. The van der Waals surface area contributed by atoms with E-state index in [-0.39, 0.29) is 5.82 Å². The zero-order chi connectivity index (χ0) is 18.5. The Morgan fingerprint density at radius 2 is 1.96 bits per heavy atom. The maximum atomic E-state index is 14.0. The van der Waals surface area contributed by atoms with Gasteiger partial charge in [-0.3, -0.25) is 4.90 Å². The van der Waals surface area contributed by atoms with Crippen LogP contribution in [0.2, 0.25) is 0 Å². The summed E-state index contributed by atoms with van der Waals surface area (Å²) in [7, 11) is 4.13. The predicted molar refractivity (Wildman–Crippen MR) is 99.5 cm³/mol. The zero-order valence-electron chi connectivity index (χ0n) is 15.5. The molecule has 0 aliphatic carbocycles. The first kappa shape index (κ1) is 18.3. The fraction of sp³-hybridized carbons (Fsp3) is 0.368. The number of halogens is 1. The SMILES string of the molecule is Cc1[nH]cnc1CN(CCN(C)C)Cc1cnn(-c2ccccc2F)c1. The molecule has 0 aliphatic rings. The number of aromatic nitrogens is 4. The molecule has 1 aromatic carbocycles. The lowest BCUT2D eigenvalue weighted by atomic mass is 10.2. The van der Waals surface area contributed by atoms with Crippen molar-refractivity contribution in [2.75, 3.05) is 27.2 Å². The van der Waals surface area contributed by atoms with Crippen LogP contribution in [-0.4, -0.2) is 56.7 Å². The molecule has 3 aromatic rings. The number of hydrogen-bond acceptors (Lipinski definition) is 4. The highest BCUT2D eigenvalue weighted by Gasteiger charge is 2.13. The normalized spacial score (nSPS) is 11.6. The maximum absolute atomic E-state index is 14.0. The number of rotatable bonds is 8. The molecule has 138 valence electrons. The van der Waals surface area contributed by atoms with E-state index in [1.54, 1.807) is 29.3 Å². The molecule has 7 heteroatoms. The van der Waals surface area contributed by atoms with Crippen molar-refractivity contribution in [3.8, 4) is 5.69 Å². The van der Waals surface area contributed by atoms with Crippen LogP contribution in [0.3, 0.4) is 0 Å². The molecule has 1 N–H and O–H groups in total. The molecule has 0 atom stereocenters. The van der Waals surface area contributed by atoms with E-state index in [2.05, 4.69) is 39.0 Å². The maximum Gasteiger partial charge on any atom is 0.148 e. The second kappa shape index (κ2) is 8.25. The fourth-order valence-electron chi connectivity index (χ4n) is 2.78. The van der Waals surface area contributed by atoms with Gasteiger partial charge in [0.2, 0.25) is 0 Å². The average molecular weight is 356 g/mol. The monoisotopic (exact) mass is 356 g/mol. The minimum atomic E-state index is -0.279. The minimum Gasteiger partial charge on any atom is -0.348 e. The van der Waals surface area contributed by atoms with Crippen molar-refractivity contribution in [1.29, 1.82) is 0 Å². The molecule has 3 rings (SSSR count). The molecule has 0 spiro atoms. The number of aryl methyl sites for hydroxylation is 1. The van der Waals surface area contributed by atoms with Gasteiger partial charge >= 0.3 is 0 Å². The van der Waals surface area contributed by atoms with Crippen LogP contribution in [0.25, 0.3) is 5.69 Å². The van der Waals surface area contributed by atoms with Crippen LogP contribution >= 0.6 is 0 Å². The van der Waals surface area contributed by atoms with Crippen molar-refractivity contribution in [3.63, 3.8) is 0 Å². The summed E-state index contributed by atoms with van der Waals surface area (Å²) in [5, 5.41) is 4.33. The number of hydrogen-bond donors (Lipinski definition) is 1. The van der Waals surface area contributed by atoms with E-state index < -0.39 is 0 Å². The molecule has 0 unspecified atom stereocenters. The van der Waals surface area contributed by atoms with Gasteiger partial charge in [0.1, 0.15) is 11.5 Å². The Hall–Kier alpha value is -2.51. The van der Waals surface area contributed by atoms with Crippen molar-refractivity contribution in [3.05, 3.63) is 65.8 Å². The Balaban J connectivity index is 1.74. The quantitative estimate of drug-likeness (QED) is 0.674. The number of benzene rings is 1. The molecule has 0 radical (unpaired) electrons. The second-order valence-electron chi connectivity index (χ2n) is 6.73. The lowest BCUT2D eigenvalue weighted by molar-refractivity contribution is 0.224. The van der Waals surface area contributed by atoms with Crippen LogP contribution in [0.15, 0.2) is 43.0 Å². The highest BCUT2D eigenvalue weighted by atomic mass is 19.1. The number of imidazole rings is 1. The summed E-state index contributed by atoms with van der Waals surface area (Å²) < 4.78 is 15.6. The number of nitrogens with zero attached hydrogens (tertiary/aromatic N) is 5. The molecule has 6 nitrogen and oxygen atoms in total. The average Bonchev–Trinajstić information content (AvgIpc) is 3.23. The van der Waals surface area contributed by atoms with Crippen molar-refractivity contribution >= 4 is 0 Å². The molecular weight excluding hydrogens is 331 g/mol. The fourth-order valence-corrected chi connectivity index (χ4v) is 2.78. The number of para-hydroxylation sites is 1. The van der Waals surface area contributed by atoms with Crippen molar-refractivity contribution < 1.29 is 4.39 Å². The third-order valence-corrected chi connectivity index (χ3v) is 4.31. The first-order valence-corrected chi connectivity index (χ1v) is 8.67. The first-order valence-electron chi connectivity index (χ1n) is 8.67. The molecule has 2 heterocycles. The highest BCUT2D eigenvalue weighted by Crippen LogP contribution is 2.15. The Morgan fingerprint density at radius 3 is 2.65 bits per heavy atom. The molecule has 0 bridgehead atoms. The summed E-state index contributed by atoms with van der Waals surface area (Å²) >= 11 is 0. The molecule has 0 aliphatic heterocycles. The van der Waals surface area contributed by atoms with Crippen LogP contribution < -0.4 is 0 Å². The van der Waals surface area contributed by atoms with Gasteiger partial charge in [-0.2, -0.15) is 5.10 Å². The van der Waals surface area contributed by atoms with E-state index in [1.807, 2.05) is 19.2 Å². The number of likely N-dealkylation sites (N-methyl/N-ethyl adjacent to an activating group) is 1. The predicted octanol–water partition coefficient (Wildman–Crippen LogP) is 2.61. The molecule has 0 saturated heterocycles. The van der Waals surface area contributed by atoms with E-state index in [1.165, 1.54) is 6.07 Å². The Kier molecular flexibility index (Phi) is 5.80. The summed E-state index contributed by atoms with van der Waals surface area (Å²) in [5.41, 5.74) is 3.63. The number of nitrogens with one attached hydrogen (secondary N) is 1. The number of aromatic amines is 1. The summed E-state index contributed by atoms with van der Waals surface area (Å²) in [4.78, 5) is 12.0. The van der Waals surface area contributed by atoms with Crippen LogP contribution in [-0.2, 0) is 13.1 Å². The molecular formula is C19H25FN6. The summed E-state index contributed by atoms with van der Waals surface area (Å²) in [6, 6.07) is 6.66.